The summed E-state index contributed by atoms with van der Waals surface area (Å²) in [4.78, 5) is 0. The molecule has 0 aromatic rings. The average Bonchev–Trinajstić information content (AvgIpc) is 2.33. The van der Waals surface area contributed by atoms with Gasteiger partial charge in [-0.25, -0.2) is 0 Å². The molecule has 18 heavy (non-hydrogen) atoms. The zero-order chi connectivity index (χ0) is 13.2. The first-order valence-corrected chi connectivity index (χ1v) is 7.11. The van der Waals surface area contributed by atoms with Gasteiger partial charge in [-0.15, -0.1) is 0 Å². The van der Waals surface area contributed by atoms with E-state index in [0.717, 1.165) is 32.7 Å². The maximum Gasteiger partial charge on any atom is 0.0849 e. The maximum atomic E-state index is 6.25. The van der Waals surface area contributed by atoms with E-state index in [1.165, 1.54) is 5.57 Å². The molecule has 1 saturated heterocycles. The van der Waals surface area contributed by atoms with Crippen LogP contribution in [0.25, 0.3) is 0 Å². The van der Waals surface area contributed by atoms with Gasteiger partial charge in [0.15, 0.2) is 0 Å². The van der Waals surface area contributed by atoms with Gasteiger partial charge in [0.25, 0.3) is 0 Å². The maximum absolute atomic E-state index is 6.25. The van der Waals surface area contributed by atoms with Crippen LogP contribution >= 0.6 is 0 Å². The molecule has 0 saturated carbocycles. The first kappa shape index (κ1) is 13.8. The van der Waals surface area contributed by atoms with Gasteiger partial charge in [0.05, 0.1) is 25.9 Å². The highest BCUT2D eigenvalue weighted by Gasteiger charge is 2.40. The summed E-state index contributed by atoms with van der Waals surface area (Å²) in [7, 11) is 0. The molecule has 0 N–H and O–H groups in total. The van der Waals surface area contributed by atoms with Crippen molar-refractivity contribution >= 4 is 0 Å². The quantitative estimate of drug-likeness (QED) is 0.740. The SMILES string of the molecule is CCC1(COC2C=CC=C(C)C2(C)CC)COC1. The topological polar surface area (TPSA) is 18.5 Å². The van der Waals surface area contributed by atoms with Crippen molar-refractivity contribution in [3.05, 3.63) is 23.8 Å². The second kappa shape index (κ2) is 5.18. The van der Waals surface area contributed by atoms with Crippen LogP contribution < -0.4 is 0 Å². The minimum atomic E-state index is 0.147. The Bertz CT molecular complexity index is 347. The molecule has 0 aromatic carbocycles. The van der Waals surface area contributed by atoms with Gasteiger partial charge in [-0.3, -0.25) is 0 Å². The molecule has 102 valence electrons. The standard InChI is InChI=1S/C16H26O2/c1-5-15(4)13(3)8-7-9-14(15)18-12-16(6-2)10-17-11-16/h7-9,14H,5-6,10-12H2,1-4H3. The van der Waals surface area contributed by atoms with E-state index in [1.807, 2.05) is 0 Å². The fourth-order valence-electron chi connectivity index (χ4n) is 2.69. The Morgan fingerprint density at radius 1 is 1.33 bits per heavy atom. The van der Waals surface area contributed by atoms with Crippen LogP contribution in [0.5, 0.6) is 0 Å². The predicted molar refractivity (Wildman–Crippen MR) is 74.6 cm³/mol. The van der Waals surface area contributed by atoms with Gasteiger partial charge in [0, 0.05) is 10.8 Å². The van der Waals surface area contributed by atoms with Crippen LogP contribution in [0.4, 0.5) is 0 Å². The zero-order valence-corrected chi connectivity index (χ0v) is 12.2. The van der Waals surface area contributed by atoms with E-state index in [-0.39, 0.29) is 16.9 Å². The van der Waals surface area contributed by atoms with Crippen LogP contribution in [-0.2, 0) is 9.47 Å². The van der Waals surface area contributed by atoms with Gasteiger partial charge in [0.2, 0.25) is 0 Å². The van der Waals surface area contributed by atoms with Crippen LogP contribution in [0, 0.1) is 10.8 Å². The Balaban J connectivity index is 2.00. The average molecular weight is 250 g/mol. The summed E-state index contributed by atoms with van der Waals surface area (Å²) in [5, 5.41) is 0. The molecule has 2 nitrogen and oxygen atoms in total. The summed E-state index contributed by atoms with van der Waals surface area (Å²) in [6.45, 7) is 11.5. The van der Waals surface area contributed by atoms with Crippen molar-refractivity contribution in [1.82, 2.24) is 0 Å². The van der Waals surface area contributed by atoms with Crippen LogP contribution in [0.2, 0.25) is 0 Å². The van der Waals surface area contributed by atoms with Gasteiger partial charge in [0.1, 0.15) is 0 Å². The highest BCUT2D eigenvalue weighted by molar-refractivity contribution is 5.27. The molecule has 2 rings (SSSR count). The van der Waals surface area contributed by atoms with Gasteiger partial charge < -0.3 is 9.47 Å². The van der Waals surface area contributed by atoms with Crippen molar-refractivity contribution in [3.63, 3.8) is 0 Å². The van der Waals surface area contributed by atoms with E-state index in [1.54, 1.807) is 0 Å². The molecule has 0 spiro atoms. The molecule has 1 heterocycles. The minimum absolute atomic E-state index is 0.147. The second-order valence-electron chi connectivity index (χ2n) is 6.08. The van der Waals surface area contributed by atoms with E-state index in [9.17, 15) is 0 Å². The van der Waals surface area contributed by atoms with Crippen molar-refractivity contribution in [3.8, 4) is 0 Å². The van der Waals surface area contributed by atoms with E-state index < -0.39 is 0 Å². The monoisotopic (exact) mass is 250 g/mol. The Hall–Kier alpha value is -0.600. The molecule has 1 aliphatic heterocycles. The zero-order valence-electron chi connectivity index (χ0n) is 12.2. The molecule has 0 radical (unpaired) electrons. The normalized spacial score (nSPS) is 34.0. The van der Waals surface area contributed by atoms with Gasteiger partial charge >= 0.3 is 0 Å². The summed E-state index contributed by atoms with van der Waals surface area (Å²) in [6, 6.07) is 0. The van der Waals surface area contributed by atoms with Crippen LogP contribution in [0.1, 0.15) is 40.5 Å². The Labute approximate surface area is 111 Å². The Morgan fingerprint density at radius 2 is 2.06 bits per heavy atom. The Kier molecular flexibility index (Phi) is 3.98. The van der Waals surface area contributed by atoms with Crippen molar-refractivity contribution < 1.29 is 9.47 Å². The van der Waals surface area contributed by atoms with Crippen LogP contribution in [-0.4, -0.2) is 25.9 Å². The number of hydrogen-bond acceptors (Lipinski definition) is 2. The van der Waals surface area contributed by atoms with E-state index in [0.29, 0.717) is 0 Å². The highest BCUT2D eigenvalue weighted by Crippen LogP contribution is 2.41. The fourth-order valence-corrected chi connectivity index (χ4v) is 2.69. The summed E-state index contributed by atoms with van der Waals surface area (Å²) in [5.41, 5.74) is 1.85. The molecule has 0 aromatic heterocycles. The molecule has 2 aliphatic rings. The van der Waals surface area contributed by atoms with Crippen molar-refractivity contribution in [2.75, 3.05) is 19.8 Å². The lowest BCUT2D eigenvalue weighted by Gasteiger charge is -2.44. The fraction of sp³-hybridized carbons (Fsp3) is 0.750. The molecule has 2 heteroatoms. The predicted octanol–water partition coefficient (Wildman–Crippen LogP) is 3.73. The van der Waals surface area contributed by atoms with Crippen LogP contribution in [0.3, 0.4) is 0 Å². The molecule has 1 aliphatic carbocycles. The number of hydrogen-bond donors (Lipinski definition) is 0. The first-order chi connectivity index (χ1) is 8.56. The Morgan fingerprint density at radius 3 is 2.56 bits per heavy atom. The second-order valence-corrected chi connectivity index (χ2v) is 6.08. The molecule has 2 atom stereocenters. The minimum Gasteiger partial charge on any atom is -0.380 e. The molecule has 1 fully saturated rings. The highest BCUT2D eigenvalue weighted by atomic mass is 16.5. The number of ether oxygens (including phenoxy) is 2. The lowest BCUT2D eigenvalue weighted by atomic mass is 9.73. The van der Waals surface area contributed by atoms with Crippen LogP contribution in [0.15, 0.2) is 23.8 Å². The van der Waals surface area contributed by atoms with Crippen molar-refractivity contribution in [2.24, 2.45) is 10.8 Å². The molecule has 0 amide bonds. The number of allylic oxidation sites excluding steroid dienone is 2. The summed E-state index contributed by atoms with van der Waals surface area (Å²) >= 11 is 0. The third kappa shape index (κ3) is 2.28. The lowest BCUT2D eigenvalue weighted by molar-refractivity contribution is -0.164. The summed E-state index contributed by atoms with van der Waals surface area (Å²) in [5.74, 6) is 0. The largest absolute Gasteiger partial charge is 0.380 e. The molecule has 2 unspecified atom stereocenters. The van der Waals surface area contributed by atoms with Crippen molar-refractivity contribution in [2.45, 2.75) is 46.6 Å². The van der Waals surface area contributed by atoms with Gasteiger partial charge in [-0.1, -0.05) is 44.6 Å². The van der Waals surface area contributed by atoms with Gasteiger partial charge in [-0.05, 0) is 19.8 Å². The van der Waals surface area contributed by atoms with E-state index in [4.69, 9.17) is 9.47 Å². The van der Waals surface area contributed by atoms with Crippen molar-refractivity contribution in [1.29, 1.82) is 0 Å². The smallest absolute Gasteiger partial charge is 0.0849 e. The summed E-state index contributed by atoms with van der Waals surface area (Å²) in [6.07, 6.45) is 9.01. The lowest BCUT2D eigenvalue weighted by Crippen LogP contribution is -2.48. The summed E-state index contributed by atoms with van der Waals surface area (Å²) < 4.78 is 11.6. The van der Waals surface area contributed by atoms with E-state index in [2.05, 4.69) is 45.9 Å². The molecule has 0 bridgehead atoms. The molecular formula is C16H26O2. The first-order valence-electron chi connectivity index (χ1n) is 7.11. The molecular weight excluding hydrogens is 224 g/mol. The van der Waals surface area contributed by atoms with Gasteiger partial charge in [-0.2, -0.15) is 0 Å². The third-order valence-corrected chi connectivity index (χ3v) is 5.03. The number of rotatable bonds is 5. The van der Waals surface area contributed by atoms with E-state index >= 15 is 0 Å². The third-order valence-electron chi connectivity index (χ3n) is 5.03.